The van der Waals surface area contributed by atoms with E-state index in [4.69, 9.17) is 0 Å². The van der Waals surface area contributed by atoms with E-state index >= 15 is 0 Å². The van der Waals surface area contributed by atoms with Gasteiger partial charge in [-0.3, -0.25) is 16.5 Å². The van der Waals surface area contributed by atoms with Gasteiger partial charge in [-0.25, -0.2) is 0 Å². The van der Waals surface area contributed by atoms with Crippen molar-refractivity contribution in [3.63, 3.8) is 0 Å². The number of carbonyl (C=O) groups excluding carboxylic acids is 1. The van der Waals surface area contributed by atoms with Gasteiger partial charge in [0.15, 0.2) is 5.78 Å². The second-order valence-corrected chi connectivity index (χ2v) is 0.811. The zero-order valence-corrected chi connectivity index (χ0v) is 4.63. The Morgan fingerprint density at radius 1 is 1.25 bits per heavy atom. The Morgan fingerprint density at radius 2 is 1.50 bits per heavy atom. The van der Waals surface area contributed by atoms with Crippen LogP contribution in [0.4, 0.5) is 0 Å². The molecule has 0 radical (unpaired) electrons. The summed E-state index contributed by atoms with van der Waals surface area (Å²) in [6.45, 7) is 6.42. The number of carbonyl (C=O) groups is 1. The SMILES string of the molecule is C=CC(=O)C=C.NN. The molecule has 0 atom stereocenters. The smallest absolute Gasteiger partial charge is 0.177 e. The fourth-order valence-corrected chi connectivity index (χ4v) is 0.0833. The maximum Gasteiger partial charge on any atom is 0.177 e. The molecular formula is C5H10N2O. The van der Waals surface area contributed by atoms with Crippen molar-refractivity contribution < 1.29 is 4.79 Å². The second kappa shape index (κ2) is 9.42. The Labute approximate surface area is 48.6 Å². The van der Waals surface area contributed by atoms with Crippen LogP contribution in [0, 0.1) is 0 Å². The summed E-state index contributed by atoms with van der Waals surface area (Å²) in [6, 6.07) is 0. The minimum absolute atomic E-state index is 0.130. The van der Waals surface area contributed by atoms with Crippen molar-refractivity contribution >= 4 is 5.78 Å². The van der Waals surface area contributed by atoms with Crippen molar-refractivity contribution in [2.45, 2.75) is 0 Å². The third kappa shape index (κ3) is 8.91. The van der Waals surface area contributed by atoms with Crippen LogP contribution in [0.15, 0.2) is 25.3 Å². The molecule has 0 aromatic heterocycles. The predicted molar refractivity (Wildman–Crippen MR) is 33.8 cm³/mol. The molecule has 0 amide bonds. The van der Waals surface area contributed by atoms with E-state index in [0.717, 1.165) is 0 Å². The van der Waals surface area contributed by atoms with E-state index in [1.807, 2.05) is 0 Å². The van der Waals surface area contributed by atoms with Gasteiger partial charge >= 0.3 is 0 Å². The van der Waals surface area contributed by atoms with Crippen LogP contribution in [0.3, 0.4) is 0 Å². The third-order valence-electron chi connectivity index (χ3n) is 0.402. The summed E-state index contributed by atoms with van der Waals surface area (Å²) in [5.74, 6) is 7.87. The van der Waals surface area contributed by atoms with Crippen LogP contribution in [0.1, 0.15) is 0 Å². The minimum Gasteiger partial charge on any atom is -0.290 e. The topological polar surface area (TPSA) is 69.1 Å². The fourth-order valence-electron chi connectivity index (χ4n) is 0.0833. The first-order chi connectivity index (χ1) is 3.81. The lowest BCUT2D eigenvalue weighted by Crippen LogP contribution is -2.02. The Kier molecular flexibility index (Phi) is 11.9. The molecule has 0 fully saturated rings. The molecule has 0 aliphatic rings. The molecule has 0 saturated heterocycles. The van der Waals surface area contributed by atoms with Crippen molar-refractivity contribution in [3.05, 3.63) is 25.3 Å². The molecule has 0 heterocycles. The highest BCUT2D eigenvalue weighted by Crippen LogP contribution is 1.68. The molecule has 0 saturated carbocycles. The van der Waals surface area contributed by atoms with Crippen LogP contribution in [-0.4, -0.2) is 5.78 Å². The molecule has 0 aliphatic carbocycles. The van der Waals surface area contributed by atoms with Crippen LogP contribution in [0.5, 0.6) is 0 Å². The van der Waals surface area contributed by atoms with Gasteiger partial charge in [0.2, 0.25) is 0 Å². The lowest BCUT2D eigenvalue weighted by molar-refractivity contribution is -0.110. The van der Waals surface area contributed by atoms with E-state index in [0.29, 0.717) is 0 Å². The normalized spacial score (nSPS) is 5.75. The van der Waals surface area contributed by atoms with Crippen LogP contribution in [-0.2, 0) is 4.79 Å². The molecule has 0 aromatic carbocycles. The van der Waals surface area contributed by atoms with Crippen molar-refractivity contribution in [1.29, 1.82) is 0 Å². The molecule has 8 heavy (non-hydrogen) atoms. The van der Waals surface area contributed by atoms with Gasteiger partial charge in [0, 0.05) is 0 Å². The van der Waals surface area contributed by atoms with Gasteiger partial charge < -0.3 is 0 Å². The predicted octanol–water partition coefficient (Wildman–Crippen LogP) is -0.254. The number of rotatable bonds is 2. The first-order valence-corrected chi connectivity index (χ1v) is 1.93. The zero-order valence-electron chi connectivity index (χ0n) is 4.63. The van der Waals surface area contributed by atoms with Crippen LogP contribution < -0.4 is 11.7 Å². The summed E-state index contributed by atoms with van der Waals surface area (Å²) in [6.07, 6.45) is 2.43. The summed E-state index contributed by atoms with van der Waals surface area (Å²) in [5, 5.41) is 0. The average molecular weight is 114 g/mol. The van der Waals surface area contributed by atoms with Crippen molar-refractivity contribution in [1.82, 2.24) is 0 Å². The monoisotopic (exact) mass is 114 g/mol. The third-order valence-corrected chi connectivity index (χ3v) is 0.402. The second-order valence-electron chi connectivity index (χ2n) is 0.811. The van der Waals surface area contributed by atoms with E-state index in [2.05, 4.69) is 24.8 Å². The Balaban J connectivity index is 0. The molecule has 3 nitrogen and oxygen atoms in total. The summed E-state index contributed by atoms with van der Waals surface area (Å²) >= 11 is 0. The molecule has 4 N–H and O–H groups in total. The van der Waals surface area contributed by atoms with Gasteiger partial charge in [0.25, 0.3) is 0 Å². The first kappa shape index (κ1) is 10.1. The van der Waals surface area contributed by atoms with E-state index in [9.17, 15) is 4.79 Å². The van der Waals surface area contributed by atoms with Crippen molar-refractivity contribution in [2.75, 3.05) is 0 Å². The van der Waals surface area contributed by atoms with Gasteiger partial charge in [-0.05, 0) is 12.2 Å². The Bertz CT molecular complexity index is 78.4. The molecule has 46 valence electrons. The van der Waals surface area contributed by atoms with Crippen LogP contribution in [0.25, 0.3) is 0 Å². The number of hydrazine groups is 1. The quantitative estimate of drug-likeness (QED) is 0.295. The molecule has 0 bridgehead atoms. The van der Waals surface area contributed by atoms with Gasteiger partial charge in [-0.1, -0.05) is 13.2 Å². The maximum absolute atomic E-state index is 9.94. The van der Waals surface area contributed by atoms with E-state index < -0.39 is 0 Å². The van der Waals surface area contributed by atoms with Crippen LogP contribution in [0.2, 0.25) is 0 Å². The standard InChI is InChI=1S/C5H6O.H4N2/c1-3-5(6)4-2;1-2/h3-4H,1-2H2;1-2H2. The van der Waals surface area contributed by atoms with E-state index in [-0.39, 0.29) is 5.78 Å². The highest BCUT2D eigenvalue weighted by Gasteiger charge is 1.75. The highest BCUT2D eigenvalue weighted by atomic mass is 16.1. The largest absolute Gasteiger partial charge is 0.290 e. The minimum atomic E-state index is -0.130. The number of hydrogen-bond acceptors (Lipinski definition) is 3. The Hall–Kier alpha value is -0.930. The highest BCUT2D eigenvalue weighted by molar-refractivity contribution is 5.98. The number of ketones is 1. The summed E-state index contributed by atoms with van der Waals surface area (Å²) in [5.41, 5.74) is 0. The van der Waals surface area contributed by atoms with E-state index in [1.165, 1.54) is 12.2 Å². The van der Waals surface area contributed by atoms with Gasteiger partial charge in [0.05, 0.1) is 0 Å². The van der Waals surface area contributed by atoms with Gasteiger partial charge in [-0.2, -0.15) is 0 Å². The molecule has 0 unspecified atom stereocenters. The molecule has 0 aliphatic heterocycles. The number of allylic oxidation sites excluding steroid dienone is 2. The maximum atomic E-state index is 9.94. The summed E-state index contributed by atoms with van der Waals surface area (Å²) < 4.78 is 0. The summed E-state index contributed by atoms with van der Waals surface area (Å²) in [7, 11) is 0. The first-order valence-electron chi connectivity index (χ1n) is 1.93. The van der Waals surface area contributed by atoms with Gasteiger partial charge in [0.1, 0.15) is 0 Å². The van der Waals surface area contributed by atoms with Crippen LogP contribution >= 0.6 is 0 Å². The average Bonchev–Trinajstić information content (AvgIpc) is 1.91. The van der Waals surface area contributed by atoms with Crippen molar-refractivity contribution in [2.24, 2.45) is 11.7 Å². The molecular weight excluding hydrogens is 104 g/mol. The van der Waals surface area contributed by atoms with E-state index in [1.54, 1.807) is 0 Å². The molecule has 3 heteroatoms. The summed E-state index contributed by atoms with van der Waals surface area (Å²) in [4.78, 5) is 9.94. The lowest BCUT2D eigenvalue weighted by Gasteiger charge is -1.68. The zero-order chi connectivity index (χ0) is 6.99. The number of nitrogens with two attached hydrogens (primary N) is 2. The number of hydrogen-bond donors (Lipinski definition) is 2. The Morgan fingerprint density at radius 3 is 1.50 bits per heavy atom. The molecule has 0 aromatic rings. The molecule has 0 rings (SSSR count). The lowest BCUT2D eigenvalue weighted by atomic mass is 10.4. The fraction of sp³-hybridized carbons (Fsp3) is 0. The molecule has 0 spiro atoms. The van der Waals surface area contributed by atoms with Gasteiger partial charge in [-0.15, -0.1) is 0 Å². The van der Waals surface area contributed by atoms with Crippen molar-refractivity contribution in [3.8, 4) is 0 Å².